The van der Waals surface area contributed by atoms with E-state index >= 15 is 0 Å². The molecule has 0 aliphatic rings. The lowest BCUT2D eigenvalue weighted by molar-refractivity contribution is -0.138. The molecule has 0 N–H and O–H groups in total. The first-order valence-corrected chi connectivity index (χ1v) is 10.1. The molecule has 0 aliphatic carbocycles. The number of allylic oxidation sites excluding steroid dienone is 3. The van der Waals surface area contributed by atoms with Crippen LogP contribution >= 0.6 is 0 Å². The molecule has 12 nitrogen and oxygen atoms in total. The number of ether oxygens (including phenoxy) is 3. The van der Waals surface area contributed by atoms with Crippen molar-refractivity contribution in [2.24, 2.45) is 0 Å². The third kappa shape index (κ3) is 8.59. The molecule has 0 fully saturated rings. The van der Waals surface area contributed by atoms with E-state index in [4.69, 9.17) is 14.2 Å². The summed E-state index contributed by atoms with van der Waals surface area (Å²) in [6.45, 7) is 2.98. The van der Waals surface area contributed by atoms with Crippen LogP contribution in [0.4, 0.5) is 0 Å². The molecule has 0 bridgehead atoms. The molecule has 12 heteroatoms. The summed E-state index contributed by atoms with van der Waals surface area (Å²) in [5, 5.41) is 0. The van der Waals surface area contributed by atoms with Gasteiger partial charge in [0, 0.05) is 18.2 Å². The second kappa shape index (κ2) is 14.2. The lowest BCUT2D eigenvalue weighted by atomic mass is 10.5. The Morgan fingerprint density at radius 1 is 0.576 bits per heavy atom. The minimum absolute atomic E-state index is 0.302. The molecule has 0 saturated heterocycles. The van der Waals surface area contributed by atoms with Crippen LogP contribution in [0.25, 0.3) is 0 Å². The summed E-state index contributed by atoms with van der Waals surface area (Å²) < 4.78 is 16.9. The van der Waals surface area contributed by atoms with Crippen LogP contribution in [-0.2, 0) is 48.2 Å². The van der Waals surface area contributed by atoms with Gasteiger partial charge >= 0.3 is 35.0 Å². The standard InChI is InChI=1S/C21H27N3O9/c1-4-7-16(25)31-13-10-22-19(28)23(11-14-32-17(26)8-5-2)21(30)24(20(22)29)12-15-33-18(27)9-6-3/h4-9H,10-15H2,1-3H3/b7-4+,8-5+,9-6+. The van der Waals surface area contributed by atoms with E-state index in [0.717, 1.165) is 0 Å². The second-order valence-corrected chi connectivity index (χ2v) is 6.31. The fraction of sp³-hybridized carbons (Fsp3) is 0.429. The van der Waals surface area contributed by atoms with Crippen LogP contribution in [0.3, 0.4) is 0 Å². The third-order valence-electron chi connectivity index (χ3n) is 3.97. The van der Waals surface area contributed by atoms with Crippen molar-refractivity contribution >= 4 is 17.9 Å². The van der Waals surface area contributed by atoms with E-state index in [1.807, 2.05) is 0 Å². The molecule has 0 spiro atoms. The van der Waals surface area contributed by atoms with Gasteiger partial charge in [-0.3, -0.25) is 0 Å². The average Bonchev–Trinajstić information content (AvgIpc) is 2.76. The molecule has 1 aromatic heterocycles. The molecule has 0 unspecified atom stereocenters. The van der Waals surface area contributed by atoms with Gasteiger partial charge in [-0.2, -0.15) is 0 Å². The molecule has 0 aliphatic heterocycles. The van der Waals surface area contributed by atoms with E-state index in [9.17, 15) is 28.8 Å². The molecule has 0 atom stereocenters. The number of carbonyl (C=O) groups is 3. The van der Waals surface area contributed by atoms with E-state index in [2.05, 4.69) is 0 Å². The second-order valence-electron chi connectivity index (χ2n) is 6.31. The van der Waals surface area contributed by atoms with Crippen LogP contribution in [-0.4, -0.2) is 51.4 Å². The van der Waals surface area contributed by atoms with E-state index in [1.54, 1.807) is 20.8 Å². The predicted molar refractivity (Wildman–Crippen MR) is 117 cm³/mol. The van der Waals surface area contributed by atoms with Gasteiger partial charge < -0.3 is 14.2 Å². The van der Waals surface area contributed by atoms with Gasteiger partial charge in [-0.25, -0.2) is 42.5 Å². The Hall–Kier alpha value is -3.96. The average molecular weight is 465 g/mol. The van der Waals surface area contributed by atoms with Crippen molar-refractivity contribution in [3.05, 3.63) is 67.9 Å². The molecule has 1 heterocycles. The number of nitrogens with zero attached hydrogens (tertiary/aromatic N) is 3. The maximum absolute atomic E-state index is 12.7. The number of aromatic nitrogens is 3. The minimum atomic E-state index is -0.962. The predicted octanol–water partition coefficient (Wildman–Crippen LogP) is -0.470. The van der Waals surface area contributed by atoms with E-state index in [1.165, 1.54) is 36.5 Å². The van der Waals surface area contributed by atoms with Crippen LogP contribution in [0.1, 0.15) is 20.8 Å². The normalized spacial score (nSPS) is 11.4. The fourth-order valence-corrected chi connectivity index (χ4v) is 2.52. The number of rotatable bonds is 12. The highest BCUT2D eigenvalue weighted by Gasteiger charge is 2.16. The lowest BCUT2D eigenvalue weighted by Crippen LogP contribution is -2.55. The van der Waals surface area contributed by atoms with Gasteiger partial charge in [0.25, 0.3) is 0 Å². The van der Waals surface area contributed by atoms with Crippen molar-refractivity contribution in [1.82, 2.24) is 13.7 Å². The van der Waals surface area contributed by atoms with E-state index in [-0.39, 0.29) is 39.5 Å². The number of carbonyl (C=O) groups excluding carboxylic acids is 3. The maximum atomic E-state index is 12.7. The maximum Gasteiger partial charge on any atom is 0.336 e. The molecule has 0 aromatic carbocycles. The monoisotopic (exact) mass is 465 g/mol. The largest absolute Gasteiger partial charge is 0.461 e. The van der Waals surface area contributed by atoms with Crippen molar-refractivity contribution < 1.29 is 28.6 Å². The van der Waals surface area contributed by atoms with Crippen molar-refractivity contribution in [2.45, 2.75) is 40.4 Å². The molecule has 0 amide bonds. The van der Waals surface area contributed by atoms with Gasteiger partial charge in [0.1, 0.15) is 19.8 Å². The fourth-order valence-electron chi connectivity index (χ4n) is 2.52. The van der Waals surface area contributed by atoms with Crippen LogP contribution in [0.15, 0.2) is 50.8 Å². The molecular weight excluding hydrogens is 438 g/mol. The number of hydrogen-bond acceptors (Lipinski definition) is 9. The van der Waals surface area contributed by atoms with Crippen LogP contribution in [0, 0.1) is 0 Å². The first kappa shape index (κ1) is 27.1. The molecule has 0 radical (unpaired) electrons. The zero-order valence-electron chi connectivity index (χ0n) is 18.7. The number of hydrogen-bond donors (Lipinski definition) is 0. The Kier molecular flexibility index (Phi) is 11.6. The van der Waals surface area contributed by atoms with Gasteiger partial charge in [-0.1, -0.05) is 18.2 Å². The summed E-state index contributed by atoms with van der Waals surface area (Å²) >= 11 is 0. The number of esters is 3. The summed E-state index contributed by atoms with van der Waals surface area (Å²) in [5.41, 5.74) is -2.89. The molecule has 1 rings (SSSR count). The SMILES string of the molecule is C/C=C/C(=O)OCCn1c(=O)n(CCOC(=O)/C=C/C)c(=O)n(CCOC(=O)/C=C/C)c1=O. The zero-order chi connectivity index (χ0) is 24.8. The van der Waals surface area contributed by atoms with Crippen LogP contribution in [0.2, 0.25) is 0 Å². The Morgan fingerprint density at radius 3 is 1.03 bits per heavy atom. The molecule has 180 valence electrons. The third-order valence-corrected chi connectivity index (χ3v) is 3.97. The summed E-state index contributed by atoms with van der Waals surface area (Å²) in [4.78, 5) is 72.6. The lowest BCUT2D eigenvalue weighted by Gasteiger charge is -2.14. The quantitative estimate of drug-likeness (QED) is 0.227. The van der Waals surface area contributed by atoms with Gasteiger partial charge in [0.2, 0.25) is 0 Å². The van der Waals surface area contributed by atoms with Gasteiger partial charge in [0.15, 0.2) is 0 Å². The molecule has 1 aromatic rings. The van der Waals surface area contributed by atoms with Gasteiger partial charge in [-0.15, -0.1) is 0 Å². The summed E-state index contributed by atoms with van der Waals surface area (Å²) in [5.74, 6) is -1.98. The van der Waals surface area contributed by atoms with Crippen molar-refractivity contribution in [2.75, 3.05) is 19.8 Å². The highest BCUT2D eigenvalue weighted by atomic mass is 16.5. The smallest absolute Gasteiger partial charge is 0.336 e. The van der Waals surface area contributed by atoms with Crippen molar-refractivity contribution in [1.29, 1.82) is 0 Å². The highest BCUT2D eigenvalue weighted by Crippen LogP contribution is 1.88. The minimum Gasteiger partial charge on any atom is -0.461 e. The van der Waals surface area contributed by atoms with Gasteiger partial charge in [-0.05, 0) is 20.8 Å². The van der Waals surface area contributed by atoms with Crippen molar-refractivity contribution in [3.8, 4) is 0 Å². The summed E-state index contributed by atoms with van der Waals surface area (Å²) in [7, 11) is 0. The van der Waals surface area contributed by atoms with Crippen LogP contribution < -0.4 is 17.1 Å². The molecular formula is C21H27N3O9. The van der Waals surface area contributed by atoms with Gasteiger partial charge in [0.05, 0.1) is 19.6 Å². The Balaban J connectivity index is 3.21. The highest BCUT2D eigenvalue weighted by molar-refractivity contribution is 5.82. The Morgan fingerprint density at radius 2 is 0.818 bits per heavy atom. The topological polar surface area (TPSA) is 145 Å². The summed E-state index contributed by atoms with van der Waals surface area (Å²) in [6.07, 6.45) is 7.89. The molecule has 0 saturated carbocycles. The first-order valence-electron chi connectivity index (χ1n) is 10.1. The summed E-state index contributed by atoms with van der Waals surface area (Å²) in [6, 6.07) is 0. The van der Waals surface area contributed by atoms with E-state index in [0.29, 0.717) is 13.7 Å². The van der Waals surface area contributed by atoms with Crippen LogP contribution in [0.5, 0.6) is 0 Å². The Bertz CT molecular complexity index is 935. The van der Waals surface area contributed by atoms with Crippen molar-refractivity contribution in [3.63, 3.8) is 0 Å². The zero-order valence-corrected chi connectivity index (χ0v) is 18.7. The molecule has 33 heavy (non-hydrogen) atoms. The van der Waals surface area contributed by atoms with E-state index < -0.39 is 35.0 Å². The Labute approximate surface area is 189 Å². The first-order chi connectivity index (χ1) is 15.8.